The Morgan fingerprint density at radius 1 is 1.30 bits per heavy atom. The van der Waals surface area contributed by atoms with Crippen molar-refractivity contribution in [2.45, 2.75) is 39.2 Å². The van der Waals surface area contributed by atoms with Crippen LogP contribution in [0.4, 0.5) is 4.39 Å². The van der Waals surface area contributed by atoms with Gasteiger partial charge in [0.15, 0.2) is 0 Å². The van der Waals surface area contributed by atoms with Crippen LogP contribution in [-0.2, 0) is 0 Å². The summed E-state index contributed by atoms with van der Waals surface area (Å²) in [5.41, 5.74) is 1.16. The van der Waals surface area contributed by atoms with Crippen LogP contribution in [0.15, 0.2) is 33.8 Å². The van der Waals surface area contributed by atoms with Crippen molar-refractivity contribution in [1.29, 1.82) is 0 Å². The predicted octanol–water partition coefficient (Wildman–Crippen LogP) is 3.54. The van der Waals surface area contributed by atoms with Gasteiger partial charge in [-0.15, -0.1) is 0 Å². The van der Waals surface area contributed by atoms with Gasteiger partial charge in [0.2, 0.25) is 11.7 Å². The summed E-state index contributed by atoms with van der Waals surface area (Å²) in [6.45, 7) is 5.82. The first kappa shape index (κ1) is 16.2. The molecule has 3 heterocycles. The van der Waals surface area contributed by atoms with Crippen molar-refractivity contribution >= 4 is 16.6 Å². The molecule has 1 fully saturated rings. The molecule has 0 bridgehead atoms. The Kier molecular flexibility index (Phi) is 3.28. The summed E-state index contributed by atoms with van der Waals surface area (Å²) < 4.78 is 23.0. The molecule has 3 aromatic heterocycles. The van der Waals surface area contributed by atoms with Crippen LogP contribution in [0.1, 0.15) is 45.0 Å². The molecule has 0 spiro atoms. The van der Waals surface area contributed by atoms with Crippen molar-refractivity contribution in [2.75, 3.05) is 0 Å². The van der Waals surface area contributed by atoms with Crippen LogP contribution < -0.4 is 5.56 Å². The average Bonchev–Trinajstić information content (AvgIpc) is 3.03. The molecule has 1 aliphatic rings. The van der Waals surface area contributed by atoms with E-state index in [-0.39, 0.29) is 28.9 Å². The summed E-state index contributed by atoms with van der Waals surface area (Å²) in [6, 6.07) is 4.51. The number of rotatable bonds is 3. The van der Waals surface area contributed by atoms with E-state index in [0.29, 0.717) is 28.5 Å². The lowest BCUT2D eigenvalue weighted by molar-refractivity contribution is 0.376. The molecule has 0 amide bonds. The fourth-order valence-corrected chi connectivity index (χ4v) is 3.69. The van der Waals surface area contributed by atoms with Gasteiger partial charge in [-0.2, -0.15) is 4.98 Å². The van der Waals surface area contributed by atoms with Crippen molar-refractivity contribution in [3.8, 4) is 11.5 Å². The first-order valence-corrected chi connectivity index (χ1v) is 9.01. The highest BCUT2D eigenvalue weighted by Gasteiger charge is 2.39. The molecule has 1 aliphatic carbocycles. The van der Waals surface area contributed by atoms with Gasteiger partial charge in [-0.05, 0) is 38.3 Å². The first-order chi connectivity index (χ1) is 13.0. The minimum absolute atomic E-state index is 0.224. The Balaban J connectivity index is 1.82. The fraction of sp³-hybridized carbons (Fsp3) is 0.368. The normalized spacial score (nSPS) is 19.4. The highest BCUT2D eigenvalue weighted by molar-refractivity contribution is 5.84. The second kappa shape index (κ2) is 5.48. The summed E-state index contributed by atoms with van der Waals surface area (Å²) in [6.07, 6.45) is 2.53. The number of aromatic nitrogens is 5. The van der Waals surface area contributed by atoms with E-state index in [1.165, 1.54) is 17.0 Å². The number of imidazole rings is 1. The van der Waals surface area contributed by atoms with Gasteiger partial charge in [0, 0.05) is 12.0 Å². The largest absolute Gasteiger partial charge is 0.339 e. The third kappa shape index (κ3) is 2.25. The molecule has 4 aromatic rings. The molecule has 1 saturated carbocycles. The van der Waals surface area contributed by atoms with Gasteiger partial charge < -0.3 is 4.52 Å². The SMILES string of the molecule is CC1CC1c1nc(-c2ncn3c2c(=O)n(C(C)C)c2c(F)cccc23)no1. The van der Waals surface area contributed by atoms with Crippen LogP contribution in [0.25, 0.3) is 28.1 Å². The lowest BCUT2D eigenvalue weighted by Gasteiger charge is -2.16. The van der Waals surface area contributed by atoms with Gasteiger partial charge in [0.05, 0.1) is 5.52 Å². The Morgan fingerprint density at radius 3 is 2.78 bits per heavy atom. The van der Waals surface area contributed by atoms with E-state index >= 15 is 0 Å². The summed E-state index contributed by atoms with van der Waals surface area (Å²) in [5, 5.41) is 4.03. The Hall–Kier alpha value is -3.03. The van der Waals surface area contributed by atoms with E-state index in [4.69, 9.17) is 4.52 Å². The Bertz CT molecular complexity index is 1250. The number of fused-ring (bicyclic) bond motifs is 3. The minimum Gasteiger partial charge on any atom is -0.339 e. The molecule has 5 rings (SSSR count). The molecular formula is C19H18FN5O2. The van der Waals surface area contributed by atoms with Crippen molar-refractivity contribution < 1.29 is 8.91 Å². The van der Waals surface area contributed by atoms with Crippen LogP contribution in [0, 0.1) is 11.7 Å². The molecular weight excluding hydrogens is 349 g/mol. The minimum atomic E-state index is -0.444. The maximum Gasteiger partial charge on any atom is 0.278 e. The van der Waals surface area contributed by atoms with E-state index in [1.807, 2.05) is 13.8 Å². The first-order valence-electron chi connectivity index (χ1n) is 9.01. The zero-order valence-electron chi connectivity index (χ0n) is 15.2. The smallest absolute Gasteiger partial charge is 0.278 e. The van der Waals surface area contributed by atoms with Gasteiger partial charge in [-0.25, -0.2) is 9.37 Å². The second-order valence-electron chi connectivity index (χ2n) is 7.46. The van der Waals surface area contributed by atoms with Crippen molar-refractivity contribution in [3.63, 3.8) is 0 Å². The molecule has 0 radical (unpaired) electrons. The van der Waals surface area contributed by atoms with Gasteiger partial charge >= 0.3 is 0 Å². The predicted molar refractivity (Wildman–Crippen MR) is 97.1 cm³/mol. The van der Waals surface area contributed by atoms with Crippen molar-refractivity contribution in [2.24, 2.45) is 5.92 Å². The lowest BCUT2D eigenvalue weighted by atomic mass is 10.2. The monoisotopic (exact) mass is 367 g/mol. The van der Waals surface area contributed by atoms with Gasteiger partial charge in [0.25, 0.3) is 5.56 Å². The molecule has 2 unspecified atom stereocenters. The van der Waals surface area contributed by atoms with Gasteiger partial charge in [-0.3, -0.25) is 13.8 Å². The molecule has 138 valence electrons. The average molecular weight is 367 g/mol. The van der Waals surface area contributed by atoms with E-state index in [9.17, 15) is 9.18 Å². The van der Waals surface area contributed by atoms with Crippen molar-refractivity contribution in [1.82, 2.24) is 24.1 Å². The summed E-state index contributed by atoms with van der Waals surface area (Å²) in [7, 11) is 0. The Labute approximate surface area is 153 Å². The zero-order valence-corrected chi connectivity index (χ0v) is 15.2. The molecule has 1 aromatic carbocycles. The molecule has 0 saturated heterocycles. The fourth-order valence-electron chi connectivity index (χ4n) is 3.69. The standard InChI is InChI=1S/C19H18FN5O2/c1-9(2)25-15-12(20)5-4-6-13(15)24-8-21-14(16(24)19(25)26)17-22-18(27-23-17)11-7-10(11)3/h4-6,8-11H,7H2,1-3H3. The zero-order chi connectivity index (χ0) is 18.9. The third-order valence-electron chi connectivity index (χ3n) is 5.25. The number of nitrogens with zero attached hydrogens (tertiary/aromatic N) is 5. The number of hydrogen-bond donors (Lipinski definition) is 0. The molecule has 7 nitrogen and oxygen atoms in total. The Morgan fingerprint density at radius 2 is 2.07 bits per heavy atom. The van der Waals surface area contributed by atoms with Crippen LogP contribution in [0.2, 0.25) is 0 Å². The number of hydrogen-bond acceptors (Lipinski definition) is 5. The summed E-state index contributed by atoms with van der Waals surface area (Å²) >= 11 is 0. The summed E-state index contributed by atoms with van der Waals surface area (Å²) in [5.74, 6) is 1.23. The molecule has 0 aliphatic heterocycles. The molecule has 0 N–H and O–H groups in total. The number of para-hydroxylation sites is 1. The maximum atomic E-state index is 14.5. The van der Waals surface area contributed by atoms with Crippen LogP contribution in [-0.4, -0.2) is 24.1 Å². The highest BCUT2D eigenvalue weighted by atomic mass is 19.1. The lowest BCUT2D eigenvalue weighted by Crippen LogP contribution is -2.25. The molecule has 8 heteroatoms. The quantitative estimate of drug-likeness (QED) is 0.553. The van der Waals surface area contributed by atoms with Crippen LogP contribution in [0.3, 0.4) is 0 Å². The summed E-state index contributed by atoms with van der Waals surface area (Å²) in [4.78, 5) is 22.1. The topological polar surface area (TPSA) is 78.2 Å². The number of benzene rings is 1. The van der Waals surface area contributed by atoms with Crippen LogP contribution in [0.5, 0.6) is 0 Å². The van der Waals surface area contributed by atoms with Crippen LogP contribution >= 0.6 is 0 Å². The second-order valence-corrected chi connectivity index (χ2v) is 7.46. The van der Waals surface area contributed by atoms with E-state index in [2.05, 4.69) is 22.0 Å². The number of halogens is 1. The van der Waals surface area contributed by atoms with E-state index in [0.717, 1.165) is 6.42 Å². The third-order valence-corrected chi connectivity index (χ3v) is 5.25. The van der Waals surface area contributed by atoms with E-state index in [1.54, 1.807) is 16.5 Å². The van der Waals surface area contributed by atoms with Gasteiger partial charge in [0.1, 0.15) is 28.9 Å². The van der Waals surface area contributed by atoms with Gasteiger partial charge in [-0.1, -0.05) is 18.1 Å². The highest BCUT2D eigenvalue weighted by Crippen LogP contribution is 2.46. The van der Waals surface area contributed by atoms with Crippen molar-refractivity contribution in [3.05, 3.63) is 46.6 Å². The molecule has 2 atom stereocenters. The van der Waals surface area contributed by atoms with E-state index < -0.39 is 5.82 Å². The molecule has 27 heavy (non-hydrogen) atoms. The maximum absolute atomic E-state index is 14.5.